The molecule has 9 heteroatoms. The standard InChI is InChI=1S/C29H31F2N3O4/c1-4-5-10-23-21(26-24(37-2)11-7-12-25(26)38-3)17-19(18-32-23)28(35)33-13-15-34(16-14-33)29(36)20-8-6-9-22(30)27(20)31/h6-9,11-12,17-18H,4-5,10,13-16H2,1-3H3. The molecule has 7 nitrogen and oxygen atoms in total. The fraction of sp³-hybridized carbons (Fsp3) is 0.345. The number of amides is 2. The first kappa shape index (κ1) is 27.0. The molecule has 0 atom stereocenters. The van der Waals surface area contributed by atoms with E-state index in [0.29, 0.717) is 17.1 Å². The van der Waals surface area contributed by atoms with E-state index in [1.807, 2.05) is 24.3 Å². The van der Waals surface area contributed by atoms with Crippen LogP contribution < -0.4 is 9.47 Å². The van der Waals surface area contributed by atoms with Crippen molar-refractivity contribution in [2.45, 2.75) is 26.2 Å². The van der Waals surface area contributed by atoms with Crippen molar-refractivity contribution < 1.29 is 27.8 Å². The Morgan fingerprint density at radius 1 is 0.921 bits per heavy atom. The lowest BCUT2D eigenvalue weighted by Crippen LogP contribution is -2.50. The molecule has 0 unspecified atom stereocenters. The summed E-state index contributed by atoms with van der Waals surface area (Å²) in [6.45, 7) is 3.03. The summed E-state index contributed by atoms with van der Waals surface area (Å²) in [4.78, 5) is 33.9. The number of carbonyl (C=O) groups is 2. The van der Waals surface area contributed by atoms with E-state index in [1.165, 1.54) is 17.0 Å². The number of hydrogen-bond donors (Lipinski definition) is 0. The van der Waals surface area contributed by atoms with Crippen LogP contribution in [0.4, 0.5) is 8.78 Å². The van der Waals surface area contributed by atoms with E-state index in [4.69, 9.17) is 9.47 Å². The molecule has 2 heterocycles. The lowest BCUT2D eigenvalue weighted by atomic mass is 9.97. The average Bonchev–Trinajstić information content (AvgIpc) is 2.96. The molecule has 4 rings (SSSR count). The van der Waals surface area contributed by atoms with Gasteiger partial charge in [0, 0.05) is 43.6 Å². The zero-order valence-corrected chi connectivity index (χ0v) is 21.8. The minimum Gasteiger partial charge on any atom is -0.496 e. The van der Waals surface area contributed by atoms with Crippen molar-refractivity contribution in [1.29, 1.82) is 0 Å². The van der Waals surface area contributed by atoms with Gasteiger partial charge < -0.3 is 19.3 Å². The third kappa shape index (κ3) is 5.46. The Hall–Kier alpha value is -4.01. The molecule has 0 spiro atoms. The first-order chi connectivity index (χ1) is 18.4. The molecule has 3 aromatic rings. The minimum absolute atomic E-state index is 0.204. The zero-order chi connectivity index (χ0) is 27.2. The highest BCUT2D eigenvalue weighted by molar-refractivity contribution is 5.97. The SMILES string of the molecule is CCCCc1ncc(C(=O)N2CCN(C(=O)c3cccc(F)c3F)CC2)cc1-c1c(OC)cccc1OC. The molecule has 0 bridgehead atoms. The second-order valence-corrected chi connectivity index (χ2v) is 9.05. The smallest absolute Gasteiger partial charge is 0.257 e. The van der Waals surface area contributed by atoms with Crippen molar-refractivity contribution in [2.24, 2.45) is 0 Å². The van der Waals surface area contributed by atoms with Gasteiger partial charge in [-0.25, -0.2) is 8.78 Å². The van der Waals surface area contributed by atoms with Crippen LogP contribution >= 0.6 is 0 Å². The molecular weight excluding hydrogens is 492 g/mol. The first-order valence-electron chi connectivity index (χ1n) is 12.6. The van der Waals surface area contributed by atoms with Gasteiger partial charge in [0.05, 0.1) is 30.9 Å². The summed E-state index contributed by atoms with van der Waals surface area (Å²) < 4.78 is 38.9. The quantitative estimate of drug-likeness (QED) is 0.416. The Bertz CT molecular complexity index is 1300. The van der Waals surface area contributed by atoms with Gasteiger partial charge in [0.2, 0.25) is 0 Å². The van der Waals surface area contributed by atoms with Crippen LogP contribution in [-0.4, -0.2) is 67.0 Å². The van der Waals surface area contributed by atoms with E-state index >= 15 is 0 Å². The molecule has 1 aliphatic heterocycles. The average molecular weight is 524 g/mol. The number of pyridine rings is 1. The number of nitrogens with zero attached hydrogens (tertiary/aromatic N) is 3. The third-order valence-corrected chi connectivity index (χ3v) is 6.72. The monoisotopic (exact) mass is 523 g/mol. The van der Waals surface area contributed by atoms with Crippen molar-refractivity contribution >= 4 is 11.8 Å². The van der Waals surface area contributed by atoms with Gasteiger partial charge in [0.1, 0.15) is 11.5 Å². The molecule has 2 amide bonds. The number of hydrogen-bond acceptors (Lipinski definition) is 5. The van der Waals surface area contributed by atoms with E-state index in [2.05, 4.69) is 11.9 Å². The van der Waals surface area contributed by atoms with Crippen LogP contribution in [0, 0.1) is 11.6 Å². The van der Waals surface area contributed by atoms with E-state index in [9.17, 15) is 18.4 Å². The van der Waals surface area contributed by atoms with Gasteiger partial charge >= 0.3 is 0 Å². The van der Waals surface area contributed by atoms with Crippen LogP contribution in [0.3, 0.4) is 0 Å². The fourth-order valence-corrected chi connectivity index (χ4v) is 4.62. The number of aromatic nitrogens is 1. The summed E-state index contributed by atoms with van der Waals surface area (Å²) in [6, 6.07) is 10.9. The largest absolute Gasteiger partial charge is 0.496 e. The molecule has 2 aromatic carbocycles. The molecule has 1 fully saturated rings. The Kier molecular flexibility index (Phi) is 8.55. The van der Waals surface area contributed by atoms with Gasteiger partial charge in [0.25, 0.3) is 11.8 Å². The van der Waals surface area contributed by atoms with Crippen molar-refractivity contribution in [1.82, 2.24) is 14.8 Å². The number of rotatable bonds is 8. The number of benzene rings is 2. The number of carbonyl (C=O) groups excluding carboxylic acids is 2. The van der Waals surface area contributed by atoms with Gasteiger partial charge in [-0.1, -0.05) is 25.5 Å². The maximum Gasteiger partial charge on any atom is 0.257 e. The van der Waals surface area contributed by atoms with Crippen LogP contribution in [0.25, 0.3) is 11.1 Å². The van der Waals surface area contributed by atoms with Gasteiger partial charge in [-0.15, -0.1) is 0 Å². The van der Waals surface area contributed by atoms with E-state index in [0.717, 1.165) is 42.1 Å². The predicted octanol–water partition coefficient (Wildman–Crippen LogP) is 4.98. The molecule has 200 valence electrons. The van der Waals surface area contributed by atoms with E-state index in [-0.39, 0.29) is 37.6 Å². The fourth-order valence-electron chi connectivity index (χ4n) is 4.62. The van der Waals surface area contributed by atoms with E-state index in [1.54, 1.807) is 25.3 Å². The number of unbranched alkanes of at least 4 members (excludes halogenated alkanes) is 1. The molecule has 1 aliphatic rings. The van der Waals surface area contributed by atoms with Gasteiger partial charge in [-0.3, -0.25) is 14.6 Å². The number of aryl methyl sites for hydroxylation is 1. The summed E-state index contributed by atoms with van der Waals surface area (Å²) >= 11 is 0. The van der Waals surface area contributed by atoms with Crippen LogP contribution in [0.5, 0.6) is 11.5 Å². The molecule has 38 heavy (non-hydrogen) atoms. The summed E-state index contributed by atoms with van der Waals surface area (Å²) in [5.41, 5.74) is 2.45. The first-order valence-corrected chi connectivity index (χ1v) is 12.6. The van der Waals surface area contributed by atoms with Gasteiger partial charge in [-0.05, 0) is 43.2 Å². The second kappa shape index (κ2) is 12.0. The highest BCUT2D eigenvalue weighted by atomic mass is 19.2. The van der Waals surface area contributed by atoms with E-state index < -0.39 is 17.5 Å². The minimum atomic E-state index is -1.16. The molecule has 0 radical (unpaired) electrons. The van der Waals surface area contributed by atoms with Crippen molar-refractivity contribution in [3.05, 3.63) is 77.1 Å². The summed E-state index contributed by atoms with van der Waals surface area (Å²) in [5, 5.41) is 0. The normalized spacial score (nSPS) is 13.4. The summed E-state index contributed by atoms with van der Waals surface area (Å²) in [7, 11) is 3.17. The highest BCUT2D eigenvalue weighted by Crippen LogP contribution is 2.40. The molecule has 1 saturated heterocycles. The number of halogens is 2. The predicted molar refractivity (Wildman–Crippen MR) is 140 cm³/mol. The summed E-state index contributed by atoms with van der Waals surface area (Å²) in [6.07, 6.45) is 4.25. The Labute approximate surface area is 221 Å². The van der Waals surface area contributed by atoms with Gasteiger partial charge in [-0.2, -0.15) is 0 Å². The summed E-state index contributed by atoms with van der Waals surface area (Å²) in [5.74, 6) is -1.82. The maximum absolute atomic E-state index is 14.1. The Morgan fingerprint density at radius 2 is 1.53 bits per heavy atom. The molecule has 0 aliphatic carbocycles. The van der Waals surface area contributed by atoms with Crippen LogP contribution in [0.15, 0.2) is 48.7 Å². The Balaban J connectivity index is 1.58. The lowest BCUT2D eigenvalue weighted by Gasteiger charge is -2.35. The van der Waals surface area contributed by atoms with Crippen molar-refractivity contribution in [3.63, 3.8) is 0 Å². The van der Waals surface area contributed by atoms with Crippen LogP contribution in [-0.2, 0) is 6.42 Å². The number of ether oxygens (including phenoxy) is 2. The maximum atomic E-state index is 14.1. The third-order valence-electron chi connectivity index (χ3n) is 6.72. The number of piperazine rings is 1. The van der Waals surface area contributed by atoms with Crippen LogP contribution in [0.1, 0.15) is 46.2 Å². The molecular formula is C29H31F2N3O4. The second-order valence-electron chi connectivity index (χ2n) is 9.05. The zero-order valence-electron chi connectivity index (χ0n) is 21.8. The molecule has 1 aromatic heterocycles. The van der Waals surface area contributed by atoms with Crippen LogP contribution in [0.2, 0.25) is 0 Å². The Morgan fingerprint density at radius 3 is 2.13 bits per heavy atom. The molecule has 0 saturated carbocycles. The lowest BCUT2D eigenvalue weighted by molar-refractivity contribution is 0.0532. The highest BCUT2D eigenvalue weighted by Gasteiger charge is 2.28. The van der Waals surface area contributed by atoms with Crippen molar-refractivity contribution in [3.8, 4) is 22.6 Å². The topological polar surface area (TPSA) is 72.0 Å². The molecule has 0 N–H and O–H groups in total. The number of methoxy groups -OCH3 is 2. The van der Waals surface area contributed by atoms with Gasteiger partial charge in [0.15, 0.2) is 11.6 Å². The van der Waals surface area contributed by atoms with Crippen molar-refractivity contribution in [2.75, 3.05) is 40.4 Å².